The Morgan fingerprint density at radius 2 is 2.15 bits per heavy atom. The highest BCUT2D eigenvalue weighted by Crippen LogP contribution is 2.09. The topological polar surface area (TPSA) is 72.2 Å². The molecule has 1 fully saturated rings. The molecule has 0 aromatic rings. The van der Waals surface area contributed by atoms with E-state index in [4.69, 9.17) is 5.53 Å². The Bertz CT molecular complexity index is 183. The van der Waals surface area contributed by atoms with Crippen molar-refractivity contribution in [2.45, 2.75) is 25.4 Å². The Hall–Kier alpha value is -0.770. The highest BCUT2D eigenvalue weighted by atomic mass is 16.3. The van der Waals surface area contributed by atoms with E-state index in [1.165, 1.54) is 0 Å². The van der Waals surface area contributed by atoms with E-state index in [2.05, 4.69) is 14.9 Å². The molecule has 0 aromatic heterocycles. The third-order valence-electron chi connectivity index (χ3n) is 2.35. The van der Waals surface area contributed by atoms with E-state index in [1.807, 2.05) is 0 Å². The molecule has 5 nitrogen and oxygen atoms in total. The zero-order chi connectivity index (χ0) is 9.52. The highest BCUT2D eigenvalue weighted by molar-refractivity contribution is 4.70. The van der Waals surface area contributed by atoms with Gasteiger partial charge in [0.2, 0.25) is 0 Å². The van der Waals surface area contributed by atoms with E-state index in [9.17, 15) is 5.11 Å². The third-order valence-corrected chi connectivity index (χ3v) is 2.35. The molecule has 1 heterocycles. The molecule has 0 radical (unpaired) electrons. The van der Waals surface area contributed by atoms with Gasteiger partial charge in [-0.25, -0.2) is 0 Å². The quantitative estimate of drug-likeness (QED) is 0.308. The van der Waals surface area contributed by atoms with Crippen molar-refractivity contribution in [3.63, 3.8) is 0 Å². The summed E-state index contributed by atoms with van der Waals surface area (Å²) < 4.78 is 0. The molecule has 5 heteroatoms. The Morgan fingerprint density at radius 3 is 2.77 bits per heavy atom. The van der Waals surface area contributed by atoms with Crippen molar-refractivity contribution in [3.05, 3.63) is 10.4 Å². The lowest BCUT2D eigenvalue weighted by atomic mass is 10.1. The largest absolute Gasteiger partial charge is 0.393 e. The summed E-state index contributed by atoms with van der Waals surface area (Å²) in [5.74, 6) is 0. The molecule has 1 rings (SSSR count). The van der Waals surface area contributed by atoms with Crippen molar-refractivity contribution in [3.8, 4) is 0 Å². The maximum absolute atomic E-state index is 9.24. The fraction of sp³-hybridized carbons (Fsp3) is 1.00. The molecule has 1 N–H and O–H groups in total. The minimum Gasteiger partial charge on any atom is -0.393 e. The summed E-state index contributed by atoms with van der Waals surface area (Å²) in [5, 5.41) is 12.7. The number of aliphatic hydroxyl groups is 1. The fourth-order valence-electron chi connectivity index (χ4n) is 1.55. The minimum absolute atomic E-state index is 0.103. The van der Waals surface area contributed by atoms with E-state index >= 15 is 0 Å². The number of likely N-dealkylation sites (tertiary alicyclic amines) is 1. The number of piperidine rings is 1. The number of aliphatic hydroxyl groups excluding tert-OH is 1. The second-order valence-corrected chi connectivity index (χ2v) is 3.38. The van der Waals surface area contributed by atoms with Crippen molar-refractivity contribution in [1.82, 2.24) is 4.90 Å². The van der Waals surface area contributed by atoms with Gasteiger partial charge in [-0.2, -0.15) is 0 Å². The van der Waals surface area contributed by atoms with Crippen molar-refractivity contribution < 1.29 is 5.11 Å². The van der Waals surface area contributed by atoms with Gasteiger partial charge in [-0.15, -0.1) is 0 Å². The molecule has 74 valence electrons. The summed E-state index contributed by atoms with van der Waals surface area (Å²) in [7, 11) is 0. The van der Waals surface area contributed by atoms with E-state index in [1.54, 1.807) is 0 Å². The first-order chi connectivity index (χ1) is 6.33. The van der Waals surface area contributed by atoms with Crippen LogP contribution in [0, 0.1) is 0 Å². The van der Waals surface area contributed by atoms with Gasteiger partial charge in [-0.1, -0.05) is 5.11 Å². The molecule has 0 spiro atoms. The van der Waals surface area contributed by atoms with Gasteiger partial charge in [-0.3, -0.25) is 0 Å². The van der Waals surface area contributed by atoms with E-state index in [0.29, 0.717) is 6.54 Å². The molecule has 0 aliphatic carbocycles. The maximum atomic E-state index is 9.24. The highest BCUT2D eigenvalue weighted by Gasteiger charge is 2.15. The first-order valence-electron chi connectivity index (χ1n) is 4.74. The van der Waals surface area contributed by atoms with Crippen molar-refractivity contribution >= 4 is 0 Å². The van der Waals surface area contributed by atoms with Crippen LogP contribution in [0.25, 0.3) is 10.4 Å². The average Bonchev–Trinajstić information content (AvgIpc) is 2.15. The average molecular weight is 184 g/mol. The summed E-state index contributed by atoms with van der Waals surface area (Å²) in [6.07, 6.45) is 2.57. The first-order valence-corrected chi connectivity index (χ1v) is 4.74. The molecular formula is C8H16N4O. The molecule has 1 aliphatic heterocycles. The summed E-state index contributed by atoms with van der Waals surface area (Å²) >= 11 is 0. The Balaban J connectivity index is 2.05. The molecule has 0 saturated carbocycles. The van der Waals surface area contributed by atoms with Gasteiger partial charge in [0.15, 0.2) is 0 Å². The molecule has 0 aromatic carbocycles. The fourth-order valence-corrected chi connectivity index (χ4v) is 1.55. The number of azide groups is 1. The predicted molar refractivity (Wildman–Crippen MR) is 50.3 cm³/mol. The van der Waals surface area contributed by atoms with Crippen LogP contribution in [-0.2, 0) is 0 Å². The van der Waals surface area contributed by atoms with Gasteiger partial charge >= 0.3 is 0 Å². The second-order valence-electron chi connectivity index (χ2n) is 3.38. The van der Waals surface area contributed by atoms with Crippen LogP contribution in [0.5, 0.6) is 0 Å². The summed E-state index contributed by atoms with van der Waals surface area (Å²) in [6, 6.07) is 0. The van der Waals surface area contributed by atoms with Crippen LogP contribution in [-0.4, -0.2) is 42.3 Å². The van der Waals surface area contributed by atoms with Crippen LogP contribution in [0.2, 0.25) is 0 Å². The van der Waals surface area contributed by atoms with Gasteiger partial charge in [0, 0.05) is 24.5 Å². The molecule has 0 unspecified atom stereocenters. The zero-order valence-corrected chi connectivity index (χ0v) is 7.76. The summed E-state index contributed by atoms with van der Waals surface area (Å²) in [4.78, 5) is 5.00. The first kappa shape index (κ1) is 10.3. The lowest BCUT2D eigenvalue weighted by molar-refractivity contribution is 0.0824. The molecule has 13 heavy (non-hydrogen) atoms. The van der Waals surface area contributed by atoms with E-state index in [-0.39, 0.29) is 6.10 Å². The lowest BCUT2D eigenvalue weighted by Gasteiger charge is -2.29. The van der Waals surface area contributed by atoms with Crippen LogP contribution in [0.15, 0.2) is 5.11 Å². The molecule has 1 saturated heterocycles. The minimum atomic E-state index is -0.103. The SMILES string of the molecule is [N-]=[N+]=NCCCN1CCC(O)CC1. The van der Waals surface area contributed by atoms with Crippen LogP contribution < -0.4 is 0 Å². The van der Waals surface area contributed by atoms with Gasteiger partial charge in [0.1, 0.15) is 0 Å². The Kier molecular flexibility index (Phi) is 4.60. The number of hydrogen-bond acceptors (Lipinski definition) is 3. The van der Waals surface area contributed by atoms with Gasteiger partial charge in [0.25, 0.3) is 0 Å². The van der Waals surface area contributed by atoms with Crippen molar-refractivity contribution in [2.75, 3.05) is 26.2 Å². The van der Waals surface area contributed by atoms with Gasteiger partial charge in [0.05, 0.1) is 6.10 Å². The van der Waals surface area contributed by atoms with E-state index in [0.717, 1.165) is 38.9 Å². The summed E-state index contributed by atoms with van der Waals surface area (Å²) in [5.41, 5.74) is 8.05. The van der Waals surface area contributed by atoms with Crippen LogP contribution in [0.1, 0.15) is 19.3 Å². The Morgan fingerprint density at radius 1 is 1.46 bits per heavy atom. The molecule has 1 aliphatic rings. The molecular weight excluding hydrogens is 168 g/mol. The van der Waals surface area contributed by atoms with Crippen molar-refractivity contribution in [1.29, 1.82) is 0 Å². The standard InChI is InChI=1S/C8H16N4O/c9-11-10-4-1-5-12-6-2-8(13)3-7-12/h8,13H,1-7H2. The van der Waals surface area contributed by atoms with Crippen LogP contribution >= 0.6 is 0 Å². The smallest absolute Gasteiger partial charge is 0.0564 e. The zero-order valence-electron chi connectivity index (χ0n) is 7.76. The lowest BCUT2D eigenvalue weighted by Crippen LogP contribution is -2.36. The maximum Gasteiger partial charge on any atom is 0.0564 e. The van der Waals surface area contributed by atoms with Gasteiger partial charge in [-0.05, 0) is 31.3 Å². The van der Waals surface area contributed by atoms with Crippen LogP contribution in [0.4, 0.5) is 0 Å². The van der Waals surface area contributed by atoms with Gasteiger partial charge < -0.3 is 10.0 Å². The molecule has 0 amide bonds. The predicted octanol–water partition coefficient (Wildman–Crippen LogP) is 1.14. The van der Waals surface area contributed by atoms with Crippen molar-refractivity contribution in [2.24, 2.45) is 5.11 Å². The monoisotopic (exact) mass is 184 g/mol. The number of hydrogen-bond donors (Lipinski definition) is 1. The van der Waals surface area contributed by atoms with E-state index < -0.39 is 0 Å². The molecule has 0 atom stereocenters. The third kappa shape index (κ3) is 4.12. The second kappa shape index (κ2) is 5.80. The molecule has 0 bridgehead atoms. The van der Waals surface area contributed by atoms with Crippen LogP contribution in [0.3, 0.4) is 0 Å². The Labute approximate surface area is 78.0 Å². The number of nitrogens with zero attached hydrogens (tertiary/aromatic N) is 4. The normalized spacial score (nSPS) is 19.8. The summed E-state index contributed by atoms with van der Waals surface area (Å²) in [6.45, 7) is 3.50. The number of rotatable bonds is 4.